The number of hydrogen-bond donors (Lipinski definition) is 11. The summed E-state index contributed by atoms with van der Waals surface area (Å²) in [6.07, 6.45) is 4.96. The van der Waals surface area contributed by atoms with Crippen LogP contribution in [0.5, 0.6) is 0 Å². The van der Waals surface area contributed by atoms with Crippen molar-refractivity contribution < 1.29 is 38.4 Å². The van der Waals surface area contributed by atoms with Gasteiger partial charge in [-0.3, -0.25) is 43.3 Å². The van der Waals surface area contributed by atoms with Gasteiger partial charge in [0.2, 0.25) is 47.3 Å². The van der Waals surface area contributed by atoms with Gasteiger partial charge < -0.3 is 59.7 Å². The number of aliphatic imine (C=N–C) groups is 1. The van der Waals surface area contributed by atoms with E-state index in [0.717, 1.165) is 18.4 Å². The molecule has 1 saturated heterocycles. The third kappa shape index (κ3) is 20.3. The maximum Gasteiger partial charge on any atom is 0.243 e. The van der Waals surface area contributed by atoms with Crippen molar-refractivity contribution >= 4 is 53.2 Å². The Labute approximate surface area is 370 Å². The van der Waals surface area contributed by atoms with Gasteiger partial charge in [-0.1, -0.05) is 44.2 Å². The first kappa shape index (κ1) is 51.6. The molecule has 350 valence electrons. The molecule has 1 saturated carbocycles. The van der Waals surface area contributed by atoms with Gasteiger partial charge >= 0.3 is 0 Å². The van der Waals surface area contributed by atoms with Gasteiger partial charge in [0, 0.05) is 25.9 Å². The summed E-state index contributed by atoms with van der Waals surface area (Å²) in [7, 11) is 0. The zero-order valence-electron chi connectivity index (χ0n) is 37.0. The van der Waals surface area contributed by atoms with Crippen molar-refractivity contribution in [3.05, 3.63) is 35.9 Å². The molecule has 1 heterocycles. The van der Waals surface area contributed by atoms with E-state index in [4.69, 9.17) is 17.2 Å². The molecule has 20 nitrogen and oxygen atoms in total. The highest BCUT2D eigenvalue weighted by Crippen LogP contribution is 2.32. The Morgan fingerprint density at radius 1 is 0.762 bits per heavy atom. The lowest BCUT2D eigenvalue weighted by Gasteiger charge is -2.28. The molecule has 1 aromatic carbocycles. The Bertz CT molecular complexity index is 1720. The lowest BCUT2D eigenvalue weighted by Crippen LogP contribution is -2.60. The van der Waals surface area contributed by atoms with E-state index in [1.165, 1.54) is 6.92 Å². The highest BCUT2D eigenvalue weighted by molar-refractivity contribution is 5.97. The topological polar surface area (TPSA) is 323 Å². The summed E-state index contributed by atoms with van der Waals surface area (Å²) in [5.41, 5.74) is 17.5. The van der Waals surface area contributed by atoms with Crippen LogP contribution >= 0.6 is 0 Å². The van der Waals surface area contributed by atoms with Crippen LogP contribution in [0.15, 0.2) is 35.3 Å². The SMILES string of the molecule is CC(C)C[C@@H]1NC(=O)[C@@H](NC(=O)[C@H](CCCN=C(N)N)NC(=O)[C@H](CCCCN)NC(=O)[C@H](C)NC(=O)CC2CC2)CCCCNC(=O)CNC(=O)[C@H](Cc2ccccc2)NC1=O. The van der Waals surface area contributed by atoms with Crippen LogP contribution in [0.3, 0.4) is 0 Å². The van der Waals surface area contributed by atoms with E-state index in [1.807, 2.05) is 19.9 Å². The van der Waals surface area contributed by atoms with Crippen molar-refractivity contribution in [2.24, 2.45) is 34.0 Å². The van der Waals surface area contributed by atoms with Gasteiger partial charge in [-0.25, -0.2) is 0 Å². The summed E-state index contributed by atoms with van der Waals surface area (Å²) in [4.78, 5) is 112. The molecular weight excluding hydrogens is 813 g/mol. The number of benzene rings is 1. The quantitative estimate of drug-likeness (QED) is 0.0388. The van der Waals surface area contributed by atoms with E-state index in [1.54, 1.807) is 24.3 Å². The van der Waals surface area contributed by atoms with Crippen molar-refractivity contribution in [2.45, 2.75) is 140 Å². The molecule has 3 rings (SSSR count). The van der Waals surface area contributed by atoms with Crippen molar-refractivity contribution in [1.82, 2.24) is 42.5 Å². The second-order valence-electron chi connectivity index (χ2n) is 16.9. The molecule has 0 radical (unpaired) electrons. The van der Waals surface area contributed by atoms with Crippen LogP contribution in [0, 0.1) is 11.8 Å². The minimum Gasteiger partial charge on any atom is -0.370 e. The first-order valence-corrected chi connectivity index (χ1v) is 22.2. The fourth-order valence-electron chi connectivity index (χ4n) is 6.96. The first-order valence-electron chi connectivity index (χ1n) is 22.2. The smallest absolute Gasteiger partial charge is 0.243 e. The Hall–Kier alpha value is -5.79. The summed E-state index contributed by atoms with van der Waals surface area (Å²) in [6, 6.07) is 2.41. The van der Waals surface area contributed by atoms with Gasteiger partial charge in [0.05, 0.1) is 6.54 Å². The molecular formula is C43H70N12O8. The monoisotopic (exact) mass is 883 g/mol. The number of nitrogens with zero attached hydrogens (tertiary/aromatic N) is 1. The Balaban J connectivity index is 1.86. The summed E-state index contributed by atoms with van der Waals surface area (Å²) in [6.45, 7) is 5.66. The molecule has 14 N–H and O–H groups in total. The summed E-state index contributed by atoms with van der Waals surface area (Å²) in [5, 5.41) is 21.8. The average molecular weight is 883 g/mol. The summed E-state index contributed by atoms with van der Waals surface area (Å²) in [5.74, 6) is -4.44. The van der Waals surface area contributed by atoms with Crippen LogP contribution in [0.25, 0.3) is 0 Å². The molecule has 1 aliphatic heterocycles. The van der Waals surface area contributed by atoms with Crippen LogP contribution in [0.4, 0.5) is 0 Å². The summed E-state index contributed by atoms with van der Waals surface area (Å²) < 4.78 is 0. The number of nitrogens with one attached hydrogen (secondary N) is 8. The number of carbonyl (C=O) groups is 8. The fourth-order valence-corrected chi connectivity index (χ4v) is 6.96. The molecule has 63 heavy (non-hydrogen) atoms. The summed E-state index contributed by atoms with van der Waals surface area (Å²) >= 11 is 0. The highest BCUT2D eigenvalue weighted by atomic mass is 16.2. The Morgan fingerprint density at radius 2 is 1.43 bits per heavy atom. The van der Waals surface area contributed by atoms with Crippen LogP contribution in [0.1, 0.15) is 103 Å². The maximum absolute atomic E-state index is 14.2. The van der Waals surface area contributed by atoms with Gasteiger partial charge in [0.25, 0.3) is 0 Å². The van der Waals surface area contributed by atoms with Crippen LogP contribution < -0.4 is 59.7 Å². The van der Waals surface area contributed by atoms with E-state index < -0.39 is 77.6 Å². The van der Waals surface area contributed by atoms with E-state index in [-0.39, 0.29) is 75.9 Å². The number of rotatable bonds is 21. The van der Waals surface area contributed by atoms with E-state index in [0.29, 0.717) is 44.6 Å². The Morgan fingerprint density at radius 3 is 2.10 bits per heavy atom. The predicted octanol–water partition coefficient (Wildman–Crippen LogP) is -1.40. The number of amides is 8. The molecule has 6 atom stereocenters. The van der Waals surface area contributed by atoms with Gasteiger partial charge in [-0.2, -0.15) is 0 Å². The van der Waals surface area contributed by atoms with Crippen LogP contribution in [0.2, 0.25) is 0 Å². The normalized spacial score (nSPS) is 20.4. The van der Waals surface area contributed by atoms with E-state index >= 15 is 0 Å². The maximum atomic E-state index is 14.2. The minimum atomic E-state index is -1.23. The zero-order chi connectivity index (χ0) is 46.3. The van der Waals surface area contributed by atoms with E-state index in [2.05, 4.69) is 47.5 Å². The molecule has 1 aromatic rings. The molecule has 0 aromatic heterocycles. The second kappa shape index (κ2) is 27.3. The predicted molar refractivity (Wildman–Crippen MR) is 237 cm³/mol. The molecule has 2 fully saturated rings. The minimum absolute atomic E-state index is 0.0368. The molecule has 0 bridgehead atoms. The standard InChI is InChI=1S/C43H70N12O8/c1-26(2)22-33-42(63)55-34(23-28-12-5-4-6-13-28)38(59)49-25-36(57)47-20-10-8-15-31(41(62)54-33)52-40(61)32(16-11-21-48-43(45)46)53-39(60)30(14-7-9-19-44)51-37(58)27(3)50-35(56)24-29-17-18-29/h4-6,12-13,26-27,29-34H,7-11,14-25,44H2,1-3H3,(H,47,57)(H,49,59)(H,50,56)(H,51,58)(H,52,61)(H,53,60)(H,54,62)(H,55,63)(H4,45,46,48)/t27-,30-,31-,32-,33-,34-/m0/s1. The van der Waals surface area contributed by atoms with Crippen LogP contribution in [-0.2, 0) is 44.8 Å². The molecule has 0 spiro atoms. The molecule has 8 amide bonds. The van der Waals surface area contributed by atoms with Crippen molar-refractivity contribution in [2.75, 3.05) is 26.2 Å². The largest absolute Gasteiger partial charge is 0.370 e. The van der Waals surface area contributed by atoms with Crippen LogP contribution in [-0.4, -0.2) is 116 Å². The fraction of sp³-hybridized carbons (Fsp3) is 0.651. The van der Waals surface area contributed by atoms with E-state index in [9.17, 15) is 38.4 Å². The highest BCUT2D eigenvalue weighted by Gasteiger charge is 2.34. The molecule has 0 unspecified atom stereocenters. The third-order valence-corrected chi connectivity index (χ3v) is 10.7. The lowest BCUT2D eigenvalue weighted by molar-refractivity contribution is -0.136. The average Bonchev–Trinajstić information content (AvgIpc) is 4.05. The number of unbranched alkanes of at least 4 members (excludes halogenated alkanes) is 1. The van der Waals surface area contributed by atoms with Crippen molar-refractivity contribution in [3.63, 3.8) is 0 Å². The van der Waals surface area contributed by atoms with Gasteiger partial charge in [-0.15, -0.1) is 0 Å². The third-order valence-electron chi connectivity index (χ3n) is 10.7. The molecule has 1 aliphatic carbocycles. The van der Waals surface area contributed by atoms with Gasteiger partial charge in [0.15, 0.2) is 5.96 Å². The second-order valence-corrected chi connectivity index (χ2v) is 16.9. The number of guanidine groups is 1. The molecule has 20 heteroatoms. The zero-order valence-corrected chi connectivity index (χ0v) is 37.0. The molecule has 2 aliphatic rings. The first-order chi connectivity index (χ1) is 30.1. The lowest BCUT2D eigenvalue weighted by atomic mass is 10.00. The number of nitrogens with two attached hydrogens (primary N) is 3. The van der Waals surface area contributed by atoms with Gasteiger partial charge in [0.1, 0.15) is 36.3 Å². The number of hydrogen-bond acceptors (Lipinski definition) is 10. The van der Waals surface area contributed by atoms with Gasteiger partial charge in [-0.05, 0) is 101 Å². The van der Waals surface area contributed by atoms with Crippen molar-refractivity contribution in [1.29, 1.82) is 0 Å². The Kier molecular flexibility index (Phi) is 22.3. The number of carbonyl (C=O) groups excluding carboxylic acids is 8. The van der Waals surface area contributed by atoms with Crippen molar-refractivity contribution in [3.8, 4) is 0 Å².